The predicted molar refractivity (Wildman–Crippen MR) is 151 cm³/mol. The number of hydrogen-bond acceptors (Lipinski definition) is 6. The van der Waals surface area contributed by atoms with Crippen LogP contribution in [0.3, 0.4) is 0 Å². The van der Waals surface area contributed by atoms with Crippen LogP contribution in [0.15, 0.2) is 47.4 Å². The molecule has 3 heterocycles. The second-order valence-electron chi connectivity index (χ2n) is 10.5. The SMILES string of the molecule is COCCCn1c(C2CCCN(C(=O)[C@@H]3CN(S(=O)(=O)c4cccc(Cl)c4C)C[C@H]3N)C2)nc2ccccc21. The maximum Gasteiger partial charge on any atom is 0.243 e. The Morgan fingerprint density at radius 3 is 2.74 bits per heavy atom. The molecular weight excluding hydrogens is 538 g/mol. The van der Waals surface area contributed by atoms with Crippen molar-refractivity contribution in [1.29, 1.82) is 0 Å². The molecule has 1 unspecified atom stereocenters. The topological polar surface area (TPSA) is 111 Å². The van der Waals surface area contributed by atoms with E-state index < -0.39 is 22.0 Å². The minimum Gasteiger partial charge on any atom is -0.385 e. The van der Waals surface area contributed by atoms with E-state index in [4.69, 9.17) is 27.1 Å². The Bertz CT molecular complexity index is 1460. The number of piperidine rings is 1. The van der Waals surface area contributed by atoms with Crippen LogP contribution in [0.4, 0.5) is 0 Å². The molecule has 11 heteroatoms. The van der Waals surface area contributed by atoms with E-state index in [1.165, 1.54) is 4.31 Å². The number of nitrogens with two attached hydrogens (primary N) is 1. The number of fused-ring (bicyclic) bond motifs is 1. The number of aryl methyl sites for hydroxylation is 1. The number of aromatic nitrogens is 2. The minimum absolute atomic E-state index is 0.0605. The van der Waals surface area contributed by atoms with Crippen molar-refractivity contribution in [2.24, 2.45) is 11.7 Å². The van der Waals surface area contributed by atoms with Crippen molar-refractivity contribution in [3.8, 4) is 0 Å². The molecule has 3 atom stereocenters. The summed E-state index contributed by atoms with van der Waals surface area (Å²) in [5.41, 5.74) is 8.93. The Labute approximate surface area is 234 Å². The van der Waals surface area contributed by atoms with Gasteiger partial charge in [0.05, 0.1) is 21.8 Å². The molecular formula is C28H36ClN5O4S. The van der Waals surface area contributed by atoms with Crippen molar-refractivity contribution < 1.29 is 17.9 Å². The number of carbonyl (C=O) groups excluding carboxylic acids is 1. The molecule has 9 nitrogen and oxygen atoms in total. The summed E-state index contributed by atoms with van der Waals surface area (Å²) in [5.74, 6) is 0.388. The number of nitrogens with zero attached hydrogens (tertiary/aromatic N) is 4. The second kappa shape index (κ2) is 11.5. The molecule has 0 bridgehead atoms. The molecule has 0 aliphatic carbocycles. The van der Waals surface area contributed by atoms with Crippen LogP contribution in [-0.4, -0.2) is 79.0 Å². The number of hydrogen-bond donors (Lipinski definition) is 1. The summed E-state index contributed by atoms with van der Waals surface area (Å²) in [6.45, 7) is 4.46. The van der Waals surface area contributed by atoms with Gasteiger partial charge >= 0.3 is 0 Å². The van der Waals surface area contributed by atoms with Crippen molar-refractivity contribution >= 4 is 38.6 Å². The normalized spacial score (nSPS) is 22.6. The number of methoxy groups -OCH3 is 1. The van der Waals surface area contributed by atoms with Crippen LogP contribution in [0.1, 0.15) is 36.6 Å². The first kappa shape index (κ1) is 28.0. The van der Waals surface area contributed by atoms with E-state index in [1.54, 1.807) is 32.2 Å². The lowest BCUT2D eigenvalue weighted by Crippen LogP contribution is -2.47. The van der Waals surface area contributed by atoms with Gasteiger partial charge in [-0.05, 0) is 56.0 Å². The van der Waals surface area contributed by atoms with Gasteiger partial charge in [0.1, 0.15) is 5.82 Å². The Kier molecular flexibility index (Phi) is 8.30. The van der Waals surface area contributed by atoms with Crippen LogP contribution < -0.4 is 5.73 Å². The molecule has 39 heavy (non-hydrogen) atoms. The van der Waals surface area contributed by atoms with E-state index in [1.807, 2.05) is 23.1 Å². The molecule has 1 amide bonds. The molecule has 0 radical (unpaired) electrons. The predicted octanol–water partition coefficient (Wildman–Crippen LogP) is 3.39. The summed E-state index contributed by atoms with van der Waals surface area (Å²) >= 11 is 6.19. The fourth-order valence-electron chi connectivity index (χ4n) is 5.89. The number of rotatable bonds is 8. The summed E-state index contributed by atoms with van der Waals surface area (Å²) in [4.78, 5) is 20.7. The smallest absolute Gasteiger partial charge is 0.243 e. The third-order valence-corrected chi connectivity index (χ3v) is 10.4. The molecule has 2 aromatic carbocycles. The number of imidazole rings is 1. The van der Waals surface area contributed by atoms with Gasteiger partial charge in [-0.1, -0.05) is 29.8 Å². The number of halogens is 1. The number of carbonyl (C=O) groups is 1. The number of para-hydroxylation sites is 2. The van der Waals surface area contributed by atoms with E-state index in [0.29, 0.717) is 30.3 Å². The Hall–Kier alpha value is -2.50. The molecule has 2 aliphatic rings. The van der Waals surface area contributed by atoms with Gasteiger partial charge in [-0.3, -0.25) is 4.79 Å². The molecule has 5 rings (SSSR count). The highest BCUT2D eigenvalue weighted by atomic mass is 35.5. The quantitative estimate of drug-likeness (QED) is 0.414. The third-order valence-electron chi connectivity index (χ3n) is 8.00. The van der Waals surface area contributed by atoms with Crippen LogP contribution in [-0.2, 0) is 26.1 Å². The second-order valence-corrected chi connectivity index (χ2v) is 12.8. The first-order valence-electron chi connectivity index (χ1n) is 13.5. The third kappa shape index (κ3) is 5.45. The molecule has 2 saturated heterocycles. The number of benzene rings is 2. The summed E-state index contributed by atoms with van der Waals surface area (Å²) in [6, 6.07) is 12.4. The summed E-state index contributed by atoms with van der Waals surface area (Å²) < 4.78 is 35.7. The fraction of sp³-hybridized carbons (Fsp3) is 0.500. The van der Waals surface area contributed by atoms with E-state index in [-0.39, 0.29) is 29.8 Å². The lowest BCUT2D eigenvalue weighted by Gasteiger charge is -2.35. The molecule has 0 saturated carbocycles. The van der Waals surface area contributed by atoms with Crippen LogP contribution in [0.2, 0.25) is 5.02 Å². The minimum atomic E-state index is -3.83. The lowest BCUT2D eigenvalue weighted by atomic mass is 9.94. The summed E-state index contributed by atoms with van der Waals surface area (Å²) in [6.07, 6.45) is 2.65. The van der Waals surface area contributed by atoms with Crippen molar-refractivity contribution in [3.63, 3.8) is 0 Å². The Balaban J connectivity index is 1.34. The zero-order valence-corrected chi connectivity index (χ0v) is 24.0. The fourth-order valence-corrected chi connectivity index (χ4v) is 7.87. The number of ether oxygens (including phenoxy) is 1. The van der Waals surface area contributed by atoms with E-state index >= 15 is 0 Å². The van der Waals surface area contributed by atoms with Crippen molar-refractivity contribution in [3.05, 3.63) is 58.9 Å². The molecule has 3 aromatic rings. The lowest BCUT2D eigenvalue weighted by molar-refractivity contribution is -0.136. The first-order valence-corrected chi connectivity index (χ1v) is 15.3. The monoisotopic (exact) mass is 573 g/mol. The van der Waals surface area contributed by atoms with Gasteiger partial charge in [-0.25, -0.2) is 13.4 Å². The largest absolute Gasteiger partial charge is 0.385 e. The van der Waals surface area contributed by atoms with Crippen molar-refractivity contribution in [1.82, 2.24) is 18.8 Å². The molecule has 210 valence electrons. The van der Waals surface area contributed by atoms with E-state index in [9.17, 15) is 13.2 Å². The van der Waals surface area contributed by atoms with Gasteiger partial charge in [0.2, 0.25) is 15.9 Å². The van der Waals surface area contributed by atoms with Crippen molar-refractivity contribution in [2.75, 3.05) is 39.9 Å². The highest BCUT2D eigenvalue weighted by molar-refractivity contribution is 7.89. The van der Waals surface area contributed by atoms with Gasteiger partial charge in [0, 0.05) is 63.4 Å². The standard InChI is InChI=1S/C28H36ClN5O4S/c1-19-22(29)9-5-12-26(19)39(36,37)33-17-21(23(30)18-33)28(35)32-13-6-8-20(16-32)27-31-24-10-3-4-11-25(24)34(27)14-7-15-38-2/h3-5,9-12,20-21,23H,6-8,13-18,30H2,1-2H3/t20?,21-,23-/m1/s1. The van der Waals surface area contributed by atoms with Gasteiger partial charge < -0.3 is 19.9 Å². The molecule has 2 aliphatic heterocycles. The van der Waals surface area contributed by atoms with Crippen LogP contribution in [0.25, 0.3) is 11.0 Å². The van der Waals surface area contributed by atoms with Gasteiger partial charge in [0.25, 0.3) is 0 Å². The average Bonchev–Trinajstić information content (AvgIpc) is 3.51. The number of sulfonamides is 1. The molecule has 1 aromatic heterocycles. The van der Waals surface area contributed by atoms with Gasteiger partial charge in [-0.2, -0.15) is 4.31 Å². The summed E-state index contributed by atoms with van der Waals surface area (Å²) in [7, 11) is -2.13. The molecule has 0 spiro atoms. The molecule has 2 N–H and O–H groups in total. The zero-order chi connectivity index (χ0) is 27.7. The highest BCUT2D eigenvalue weighted by Crippen LogP contribution is 2.33. The highest BCUT2D eigenvalue weighted by Gasteiger charge is 2.44. The maximum atomic E-state index is 13.7. The van der Waals surface area contributed by atoms with Gasteiger partial charge in [-0.15, -0.1) is 0 Å². The Morgan fingerprint density at radius 2 is 1.95 bits per heavy atom. The number of likely N-dealkylation sites (tertiary alicyclic amines) is 1. The Morgan fingerprint density at radius 1 is 1.15 bits per heavy atom. The molecule has 2 fully saturated rings. The van der Waals surface area contributed by atoms with Crippen LogP contribution >= 0.6 is 11.6 Å². The van der Waals surface area contributed by atoms with E-state index in [0.717, 1.165) is 42.7 Å². The van der Waals surface area contributed by atoms with Gasteiger partial charge in [0.15, 0.2) is 0 Å². The first-order chi connectivity index (χ1) is 18.7. The van der Waals surface area contributed by atoms with Crippen LogP contribution in [0, 0.1) is 12.8 Å². The summed E-state index contributed by atoms with van der Waals surface area (Å²) in [5, 5.41) is 0.389. The van der Waals surface area contributed by atoms with E-state index in [2.05, 4.69) is 10.6 Å². The number of amides is 1. The average molecular weight is 574 g/mol. The van der Waals surface area contributed by atoms with Crippen LogP contribution in [0.5, 0.6) is 0 Å². The zero-order valence-electron chi connectivity index (χ0n) is 22.4. The maximum absolute atomic E-state index is 13.7. The van der Waals surface area contributed by atoms with Crippen molar-refractivity contribution in [2.45, 2.75) is 49.6 Å².